The van der Waals surface area contributed by atoms with Gasteiger partial charge in [-0.3, -0.25) is 0 Å². The van der Waals surface area contributed by atoms with Crippen LogP contribution in [0.3, 0.4) is 0 Å². The van der Waals surface area contributed by atoms with E-state index in [1.165, 1.54) is 12.6 Å². The molecule has 1 unspecified atom stereocenters. The normalized spacial score (nSPS) is 16.2. The van der Waals surface area contributed by atoms with Crippen molar-refractivity contribution in [3.8, 4) is 17.0 Å². The van der Waals surface area contributed by atoms with Crippen molar-refractivity contribution in [3.05, 3.63) is 60.2 Å². The Morgan fingerprint density at radius 1 is 1.13 bits per heavy atom. The fraction of sp³-hybridized carbons (Fsp3) is 0.190. The van der Waals surface area contributed by atoms with Gasteiger partial charge in [-0.1, -0.05) is 6.07 Å². The third-order valence-electron chi connectivity index (χ3n) is 5.24. The molecule has 2 aromatic carbocycles. The van der Waals surface area contributed by atoms with Crippen LogP contribution in [-0.2, 0) is 16.3 Å². The van der Waals surface area contributed by atoms with Gasteiger partial charge in [0.05, 0.1) is 34.1 Å². The Kier molecular flexibility index (Phi) is 4.21. The van der Waals surface area contributed by atoms with Gasteiger partial charge in [0.2, 0.25) is 0 Å². The number of fused-ring (bicyclic) bond motifs is 2. The summed E-state index contributed by atoms with van der Waals surface area (Å²) < 4.78 is 29.6. The van der Waals surface area contributed by atoms with Crippen LogP contribution in [0.5, 0.6) is 5.75 Å². The lowest BCUT2D eigenvalue weighted by molar-refractivity contribution is 0.258. The smallest absolute Gasteiger partial charge is 0.175 e. The average Bonchev–Trinajstić information content (AvgIpc) is 3.15. The first-order valence-corrected chi connectivity index (χ1v) is 11.3. The topological polar surface area (TPSA) is 124 Å². The van der Waals surface area contributed by atoms with E-state index < -0.39 is 9.84 Å². The van der Waals surface area contributed by atoms with Crippen molar-refractivity contribution in [1.82, 2.24) is 19.9 Å². The monoisotopic (exact) mass is 421 g/mol. The molecule has 3 N–H and O–H groups in total. The van der Waals surface area contributed by atoms with E-state index >= 15 is 0 Å². The molecular formula is C21H19N5O3S. The van der Waals surface area contributed by atoms with E-state index in [1.807, 2.05) is 18.2 Å². The SMILES string of the molecule is CS(=O)(=O)c1ccc2c(c1)CC(c1nc3ccc(-c4cc(N)ncn4)cc3[nH]1)CO2. The number of nitrogens with one attached hydrogen (secondary N) is 1. The van der Waals surface area contributed by atoms with Gasteiger partial charge >= 0.3 is 0 Å². The molecule has 8 nitrogen and oxygen atoms in total. The number of nitrogens with zero attached hydrogens (tertiary/aromatic N) is 3. The van der Waals surface area contributed by atoms with Crippen molar-refractivity contribution < 1.29 is 13.2 Å². The van der Waals surface area contributed by atoms with E-state index in [1.54, 1.807) is 24.3 Å². The lowest BCUT2D eigenvalue weighted by Crippen LogP contribution is -2.20. The Morgan fingerprint density at radius 3 is 2.80 bits per heavy atom. The Balaban J connectivity index is 1.47. The second kappa shape index (κ2) is 6.81. The molecular weight excluding hydrogens is 402 g/mol. The molecule has 152 valence electrons. The lowest BCUT2D eigenvalue weighted by atomic mass is 9.96. The predicted molar refractivity (Wildman–Crippen MR) is 113 cm³/mol. The van der Waals surface area contributed by atoms with Crippen LogP contribution < -0.4 is 10.5 Å². The van der Waals surface area contributed by atoms with Gasteiger partial charge < -0.3 is 15.5 Å². The zero-order valence-electron chi connectivity index (χ0n) is 16.2. The van der Waals surface area contributed by atoms with Crippen LogP contribution in [0.25, 0.3) is 22.3 Å². The highest BCUT2D eigenvalue weighted by Gasteiger charge is 2.25. The number of nitrogens with two attached hydrogens (primary N) is 1. The summed E-state index contributed by atoms with van der Waals surface area (Å²) in [7, 11) is -3.27. The molecule has 30 heavy (non-hydrogen) atoms. The molecule has 3 heterocycles. The first kappa shape index (κ1) is 18.6. The van der Waals surface area contributed by atoms with Gasteiger partial charge in [-0.25, -0.2) is 23.4 Å². The molecule has 1 aliphatic rings. The van der Waals surface area contributed by atoms with Crippen molar-refractivity contribution in [3.63, 3.8) is 0 Å². The average molecular weight is 421 g/mol. The minimum Gasteiger partial charge on any atom is -0.493 e. The molecule has 1 aliphatic heterocycles. The van der Waals surface area contributed by atoms with E-state index in [0.29, 0.717) is 23.7 Å². The summed E-state index contributed by atoms with van der Waals surface area (Å²) in [6.45, 7) is 0.473. The molecule has 0 spiro atoms. The zero-order valence-corrected chi connectivity index (χ0v) is 17.0. The maximum Gasteiger partial charge on any atom is 0.175 e. The minimum atomic E-state index is -3.27. The van der Waals surface area contributed by atoms with Crippen molar-refractivity contribution >= 4 is 26.7 Å². The van der Waals surface area contributed by atoms with Gasteiger partial charge in [0.15, 0.2) is 9.84 Å². The van der Waals surface area contributed by atoms with Crippen LogP contribution in [-0.4, -0.2) is 41.2 Å². The van der Waals surface area contributed by atoms with Crippen molar-refractivity contribution in [1.29, 1.82) is 0 Å². The quantitative estimate of drug-likeness (QED) is 0.521. The summed E-state index contributed by atoms with van der Waals surface area (Å²) in [5, 5.41) is 0. The summed E-state index contributed by atoms with van der Waals surface area (Å²) in [5.74, 6) is 1.94. The maximum absolute atomic E-state index is 11.9. The van der Waals surface area contributed by atoms with Crippen molar-refractivity contribution in [2.75, 3.05) is 18.6 Å². The standard InChI is InChI=1S/C21H19N5O3S/c1-30(27,28)15-3-5-19-13(7-15)6-14(10-29-19)21-25-16-4-2-12(8-18(16)26-21)17-9-20(22)24-11-23-17/h2-5,7-9,11,14H,6,10H2,1H3,(H,25,26)(H2,22,23,24). The highest BCUT2D eigenvalue weighted by atomic mass is 32.2. The molecule has 0 aliphatic carbocycles. The minimum absolute atomic E-state index is 0.00199. The summed E-state index contributed by atoms with van der Waals surface area (Å²) in [6.07, 6.45) is 3.29. The summed E-state index contributed by atoms with van der Waals surface area (Å²) in [4.78, 5) is 16.6. The first-order chi connectivity index (χ1) is 14.4. The number of ether oxygens (including phenoxy) is 1. The van der Waals surface area contributed by atoms with Gasteiger partial charge in [-0.15, -0.1) is 0 Å². The predicted octanol–water partition coefficient (Wildman–Crippen LogP) is 2.72. The lowest BCUT2D eigenvalue weighted by Gasteiger charge is -2.24. The summed E-state index contributed by atoms with van der Waals surface area (Å²) >= 11 is 0. The number of anilines is 1. The Morgan fingerprint density at radius 2 is 2.00 bits per heavy atom. The number of hydrogen-bond acceptors (Lipinski definition) is 7. The van der Waals surface area contributed by atoms with Crippen LogP contribution in [0.15, 0.2) is 53.7 Å². The van der Waals surface area contributed by atoms with Crippen LogP contribution >= 0.6 is 0 Å². The molecule has 0 fully saturated rings. The zero-order chi connectivity index (χ0) is 20.9. The number of sulfone groups is 1. The van der Waals surface area contributed by atoms with Crippen LogP contribution in [0, 0.1) is 0 Å². The molecule has 5 rings (SSSR count). The number of nitrogen functional groups attached to an aromatic ring is 1. The fourth-order valence-electron chi connectivity index (χ4n) is 3.69. The van der Waals surface area contributed by atoms with Gasteiger partial charge in [-0.2, -0.15) is 0 Å². The number of hydrogen-bond donors (Lipinski definition) is 2. The van der Waals surface area contributed by atoms with Gasteiger partial charge in [0, 0.05) is 17.9 Å². The van der Waals surface area contributed by atoms with E-state index in [-0.39, 0.29) is 5.92 Å². The largest absolute Gasteiger partial charge is 0.493 e. The van der Waals surface area contributed by atoms with Crippen LogP contribution in [0.4, 0.5) is 5.82 Å². The fourth-order valence-corrected chi connectivity index (χ4v) is 4.36. The van der Waals surface area contributed by atoms with E-state index in [0.717, 1.165) is 39.4 Å². The summed E-state index contributed by atoms with van der Waals surface area (Å²) in [6, 6.07) is 12.6. The Labute approximate surface area is 173 Å². The first-order valence-electron chi connectivity index (χ1n) is 9.40. The Bertz CT molecular complexity index is 1380. The molecule has 0 bridgehead atoms. The van der Waals surface area contributed by atoms with Crippen molar-refractivity contribution in [2.45, 2.75) is 17.2 Å². The molecule has 4 aromatic rings. The number of aromatic nitrogens is 4. The second-order valence-corrected chi connectivity index (χ2v) is 9.45. The molecule has 0 amide bonds. The number of aromatic amines is 1. The van der Waals surface area contributed by atoms with Crippen LogP contribution in [0.2, 0.25) is 0 Å². The molecule has 2 aromatic heterocycles. The third kappa shape index (κ3) is 3.37. The highest BCUT2D eigenvalue weighted by molar-refractivity contribution is 7.90. The van der Waals surface area contributed by atoms with Gasteiger partial charge in [0.25, 0.3) is 0 Å². The number of H-pyrrole nitrogens is 1. The third-order valence-corrected chi connectivity index (χ3v) is 6.35. The molecule has 1 atom stereocenters. The van der Waals surface area contributed by atoms with E-state index in [4.69, 9.17) is 15.5 Å². The number of benzene rings is 2. The Hall–Kier alpha value is -3.46. The van der Waals surface area contributed by atoms with Gasteiger partial charge in [-0.05, 0) is 42.3 Å². The second-order valence-electron chi connectivity index (χ2n) is 7.44. The maximum atomic E-state index is 11.9. The summed E-state index contributed by atoms with van der Waals surface area (Å²) in [5.41, 5.74) is 10.0. The molecule has 0 saturated heterocycles. The molecule has 0 radical (unpaired) electrons. The number of rotatable bonds is 3. The van der Waals surface area contributed by atoms with Gasteiger partial charge in [0.1, 0.15) is 23.7 Å². The highest BCUT2D eigenvalue weighted by Crippen LogP contribution is 2.34. The number of imidazole rings is 1. The molecule has 9 heteroatoms. The van der Waals surface area contributed by atoms with Crippen LogP contribution in [0.1, 0.15) is 17.3 Å². The molecule has 0 saturated carbocycles. The van der Waals surface area contributed by atoms with Crippen molar-refractivity contribution in [2.24, 2.45) is 0 Å². The van der Waals surface area contributed by atoms with E-state index in [9.17, 15) is 8.42 Å². The van der Waals surface area contributed by atoms with E-state index in [2.05, 4.69) is 15.0 Å².